The van der Waals surface area contributed by atoms with Gasteiger partial charge in [0.05, 0.1) is 23.6 Å². The molecule has 0 radical (unpaired) electrons. The minimum absolute atomic E-state index is 0.207. The van der Waals surface area contributed by atoms with Crippen LogP contribution in [0.25, 0.3) is 15.9 Å². The fourth-order valence-corrected chi connectivity index (χ4v) is 3.46. The van der Waals surface area contributed by atoms with Gasteiger partial charge in [-0.2, -0.15) is 4.52 Å². The van der Waals surface area contributed by atoms with E-state index in [0.717, 1.165) is 5.56 Å². The highest BCUT2D eigenvalue weighted by molar-refractivity contribution is 7.20. The van der Waals surface area contributed by atoms with Gasteiger partial charge in [0, 0.05) is 5.69 Å². The predicted molar refractivity (Wildman–Crippen MR) is 100 cm³/mol. The molecule has 4 aromatic rings. The first-order valence-corrected chi connectivity index (χ1v) is 8.62. The molecule has 0 fully saturated rings. The highest BCUT2D eigenvalue weighted by atomic mass is 32.1. The van der Waals surface area contributed by atoms with Crippen molar-refractivity contribution in [1.82, 2.24) is 14.6 Å². The fraction of sp³-hybridized carbons (Fsp3) is 0.111. The molecule has 0 aliphatic carbocycles. The molecular weight excluding hydrogens is 352 g/mol. The van der Waals surface area contributed by atoms with Gasteiger partial charge in [-0.3, -0.25) is 4.79 Å². The van der Waals surface area contributed by atoms with Crippen LogP contribution in [0.3, 0.4) is 0 Å². The van der Waals surface area contributed by atoms with Crippen LogP contribution < -0.4 is 10.9 Å². The number of carbonyl (C=O) groups is 1. The maximum atomic E-state index is 12.7. The zero-order valence-corrected chi connectivity index (χ0v) is 14.8. The third-order valence-corrected chi connectivity index (χ3v) is 4.71. The van der Waals surface area contributed by atoms with Crippen molar-refractivity contribution in [2.75, 3.05) is 12.4 Å². The Hall–Kier alpha value is -3.26. The highest BCUT2D eigenvalue weighted by Gasteiger charge is 2.12. The second-order valence-electron chi connectivity index (χ2n) is 5.74. The van der Waals surface area contributed by atoms with Gasteiger partial charge in [0.25, 0.3) is 5.56 Å². The second kappa shape index (κ2) is 6.23. The Morgan fingerprint density at radius 1 is 1.23 bits per heavy atom. The summed E-state index contributed by atoms with van der Waals surface area (Å²) < 4.78 is 6.01. The molecule has 0 aliphatic heterocycles. The van der Waals surface area contributed by atoms with Crippen LogP contribution in [-0.4, -0.2) is 27.7 Å². The molecule has 0 atom stereocenters. The van der Waals surface area contributed by atoms with E-state index in [1.54, 1.807) is 24.3 Å². The number of ether oxygens (including phenoxy) is 1. The molecule has 0 spiro atoms. The number of rotatable bonds is 3. The molecule has 0 saturated carbocycles. The van der Waals surface area contributed by atoms with Crippen LogP contribution >= 0.6 is 11.3 Å². The van der Waals surface area contributed by atoms with Gasteiger partial charge in [-0.15, -0.1) is 5.10 Å². The average molecular weight is 366 g/mol. The summed E-state index contributed by atoms with van der Waals surface area (Å²) in [5.74, 6) is -0.419. The molecule has 0 amide bonds. The molecule has 7 nitrogen and oxygen atoms in total. The number of hydrogen-bond acceptors (Lipinski definition) is 7. The maximum Gasteiger partial charge on any atom is 0.337 e. The molecule has 2 aromatic heterocycles. The van der Waals surface area contributed by atoms with E-state index < -0.39 is 5.97 Å². The summed E-state index contributed by atoms with van der Waals surface area (Å²) in [5.41, 5.74) is 2.52. The molecule has 0 aliphatic rings. The van der Waals surface area contributed by atoms with Crippen LogP contribution in [0.4, 0.5) is 10.8 Å². The lowest BCUT2D eigenvalue weighted by atomic mass is 10.2. The number of aryl methyl sites for hydroxylation is 1. The van der Waals surface area contributed by atoms with Gasteiger partial charge in [-0.1, -0.05) is 29.0 Å². The molecule has 1 N–H and O–H groups in total. The summed E-state index contributed by atoms with van der Waals surface area (Å²) in [5, 5.41) is 8.46. The van der Waals surface area contributed by atoms with E-state index in [1.165, 1.54) is 23.0 Å². The summed E-state index contributed by atoms with van der Waals surface area (Å²) in [6.07, 6.45) is 0. The minimum atomic E-state index is -0.419. The van der Waals surface area contributed by atoms with Crippen molar-refractivity contribution in [2.24, 2.45) is 0 Å². The lowest BCUT2D eigenvalue weighted by molar-refractivity contribution is 0.0601. The van der Waals surface area contributed by atoms with E-state index in [4.69, 9.17) is 4.74 Å². The number of anilines is 2. The second-order valence-corrected chi connectivity index (χ2v) is 6.69. The standard InChI is InChI=1S/C18H14N4O3S/c1-10-6-7-14-13(8-10)15(23)22-18(20-14)26-17(21-22)19-12-5-3-4-11(9-12)16(24)25-2/h3-9H,1-2H3,(H,19,21). The summed E-state index contributed by atoms with van der Waals surface area (Å²) in [6.45, 7) is 1.93. The van der Waals surface area contributed by atoms with Gasteiger partial charge in [-0.25, -0.2) is 9.78 Å². The van der Waals surface area contributed by atoms with Gasteiger partial charge in [-0.05, 0) is 37.3 Å². The van der Waals surface area contributed by atoms with Crippen LogP contribution in [0.2, 0.25) is 0 Å². The van der Waals surface area contributed by atoms with Gasteiger partial charge in [0.2, 0.25) is 10.1 Å². The van der Waals surface area contributed by atoms with Crippen LogP contribution in [-0.2, 0) is 4.74 Å². The van der Waals surface area contributed by atoms with Crippen LogP contribution in [0, 0.1) is 6.92 Å². The third-order valence-electron chi connectivity index (χ3n) is 3.89. The van der Waals surface area contributed by atoms with Gasteiger partial charge < -0.3 is 10.1 Å². The van der Waals surface area contributed by atoms with Crippen molar-refractivity contribution in [3.05, 3.63) is 63.9 Å². The normalized spacial score (nSPS) is 11.0. The smallest absolute Gasteiger partial charge is 0.337 e. The predicted octanol–water partition coefficient (Wildman–Crippen LogP) is 3.14. The fourth-order valence-electron chi connectivity index (χ4n) is 2.64. The monoisotopic (exact) mass is 366 g/mol. The molecule has 2 aromatic carbocycles. The van der Waals surface area contributed by atoms with Crippen molar-refractivity contribution in [3.63, 3.8) is 0 Å². The zero-order valence-electron chi connectivity index (χ0n) is 14.0. The Labute approximate surface area is 151 Å². The first-order chi connectivity index (χ1) is 12.5. The van der Waals surface area contributed by atoms with Gasteiger partial charge in [0.1, 0.15) is 0 Å². The molecule has 0 saturated heterocycles. The summed E-state index contributed by atoms with van der Waals surface area (Å²) in [4.78, 5) is 29.3. The van der Waals surface area contributed by atoms with E-state index in [0.29, 0.717) is 32.2 Å². The van der Waals surface area contributed by atoms with Crippen molar-refractivity contribution in [3.8, 4) is 0 Å². The average Bonchev–Trinajstić information content (AvgIpc) is 3.04. The molecule has 4 rings (SSSR count). The van der Waals surface area contributed by atoms with Gasteiger partial charge in [0.15, 0.2) is 0 Å². The molecular formula is C18H14N4O3S. The van der Waals surface area contributed by atoms with E-state index >= 15 is 0 Å². The van der Waals surface area contributed by atoms with Crippen molar-refractivity contribution < 1.29 is 9.53 Å². The van der Waals surface area contributed by atoms with Crippen molar-refractivity contribution >= 4 is 44.0 Å². The highest BCUT2D eigenvalue weighted by Crippen LogP contribution is 2.23. The Balaban J connectivity index is 1.76. The largest absolute Gasteiger partial charge is 0.465 e. The van der Waals surface area contributed by atoms with Crippen LogP contribution in [0.5, 0.6) is 0 Å². The van der Waals surface area contributed by atoms with Crippen LogP contribution in [0.15, 0.2) is 47.3 Å². The number of aromatic nitrogens is 3. The lowest BCUT2D eigenvalue weighted by Gasteiger charge is -2.04. The lowest BCUT2D eigenvalue weighted by Crippen LogP contribution is -2.15. The van der Waals surface area contributed by atoms with Crippen molar-refractivity contribution in [1.29, 1.82) is 0 Å². The number of esters is 1. The number of carbonyl (C=O) groups excluding carboxylic acids is 1. The van der Waals surface area contributed by atoms with E-state index in [9.17, 15) is 9.59 Å². The Morgan fingerprint density at radius 3 is 2.88 bits per heavy atom. The SMILES string of the molecule is COC(=O)c1cccc(Nc2nn3c(=O)c4cc(C)ccc4nc3s2)c1. The molecule has 26 heavy (non-hydrogen) atoms. The van der Waals surface area contributed by atoms with Gasteiger partial charge >= 0.3 is 5.97 Å². The molecule has 0 unspecified atom stereocenters. The molecule has 0 bridgehead atoms. The molecule has 2 heterocycles. The van der Waals surface area contributed by atoms with Crippen molar-refractivity contribution in [2.45, 2.75) is 6.92 Å². The van der Waals surface area contributed by atoms with Crippen LogP contribution in [0.1, 0.15) is 15.9 Å². The quantitative estimate of drug-likeness (QED) is 0.561. The summed E-state index contributed by atoms with van der Waals surface area (Å²) >= 11 is 1.26. The number of hydrogen-bond donors (Lipinski definition) is 1. The summed E-state index contributed by atoms with van der Waals surface area (Å²) in [6, 6.07) is 12.4. The number of fused-ring (bicyclic) bond motifs is 2. The summed E-state index contributed by atoms with van der Waals surface area (Å²) in [7, 11) is 1.33. The third kappa shape index (κ3) is 2.80. The first-order valence-electron chi connectivity index (χ1n) is 7.81. The van der Waals surface area contributed by atoms with E-state index in [1.807, 2.05) is 25.1 Å². The maximum absolute atomic E-state index is 12.7. The Bertz CT molecular complexity index is 1210. The number of nitrogens with zero attached hydrogens (tertiary/aromatic N) is 3. The first kappa shape index (κ1) is 16.2. The van der Waals surface area contributed by atoms with E-state index in [-0.39, 0.29) is 5.56 Å². The molecule has 130 valence electrons. The Morgan fingerprint density at radius 2 is 2.08 bits per heavy atom. The number of methoxy groups -OCH3 is 1. The number of benzene rings is 2. The molecule has 8 heteroatoms. The Kier molecular flexibility index (Phi) is 3.89. The minimum Gasteiger partial charge on any atom is -0.465 e. The zero-order chi connectivity index (χ0) is 18.3. The topological polar surface area (TPSA) is 85.6 Å². The number of nitrogens with one attached hydrogen (secondary N) is 1. The van der Waals surface area contributed by atoms with E-state index in [2.05, 4.69) is 15.4 Å².